The minimum Gasteiger partial charge on any atom is -0.383 e. The van der Waals surface area contributed by atoms with E-state index < -0.39 is 0 Å². The minimum atomic E-state index is 0.0641. The van der Waals surface area contributed by atoms with Crippen molar-refractivity contribution in [2.45, 2.75) is 6.92 Å². The Balaban J connectivity index is 2.19. The number of hydrogen-bond donors (Lipinski definition) is 0. The molecule has 1 saturated heterocycles. The molecule has 3 heteroatoms. The second-order valence-corrected chi connectivity index (χ2v) is 2.86. The number of ether oxygens (including phenoxy) is 1. The molecule has 0 saturated carbocycles. The average Bonchev–Trinajstić information content (AvgIpc) is 1.95. The monoisotopic (exact) mass is 153 g/mol. The SMILES string of the molecule is C#CCO/N=C/C1(C)COC1. The lowest BCUT2D eigenvalue weighted by molar-refractivity contribution is -0.0570. The lowest BCUT2D eigenvalue weighted by atomic mass is 9.91. The molecular formula is C8H11NO2. The molecule has 1 rings (SSSR count). The van der Waals surface area contributed by atoms with Crippen molar-refractivity contribution in [2.75, 3.05) is 19.8 Å². The van der Waals surface area contributed by atoms with Gasteiger partial charge >= 0.3 is 0 Å². The molecule has 0 amide bonds. The largest absolute Gasteiger partial charge is 0.383 e. The first-order valence-corrected chi connectivity index (χ1v) is 3.44. The van der Waals surface area contributed by atoms with Crippen LogP contribution in [0.25, 0.3) is 0 Å². The molecule has 0 spiro atoms. The van der Waals surface area contributed by atoms with E-state index in [0.29, 0.717) is 0 Å². The van der Waals surface area contributed by atoms with E-state index in [1.807, 2.05) is 0 Å². The third-order valence-corrected chi connectivity index (χ3v) is 1.45. The lowest BCUT2D eigenvalue weighted by Gasteiger charge is -2.33. The van der Waals surface area contributed by atoms with Gasteiger partial charge in [0, 0.05) is 0 Å². The van der Waals surface area contributed by atoms with Gasteiger partial charge in [-0.15, -0.1) is 6.42 Å². The summed E-state index contributed by atoms with van der Waals surface area (Å²) in [4.78, 5) is 4.73. The number of oxime groups is 1. The van der Waals surface area contributed by atoms with Crippen LogP contribution >= 0.6 is 0 Å². The smallest absolute Gasteiger partial charge is 0.177 e. The van der Waals surface area contributed by atoms with E-state index in [9.17, 15) is 0 Å². The van der Waals surface area contributed by atoms with E-state index in [1.165, 1.54) is 0 Å². The molecule has 0 aromatic heterocycles. The molecule has 1 aliphatic heterocycles. The Morgan fingerprint density at radius 1 is 1.82 bits per heavy atom. The molecule has 60 valence electrons. The van der Waals surface area contributed by atoms with Crippen LogP contribution in [0.1, 0.15) is 6.92 Å². The zero-order chi connectivity index (χ0) is 8.16. The third kappa shape index (κ3) is 2.24. The summed E-state index contributed by atoms with van der Waals surface area (Å²) in [5.74, 6) is 2.32. The van der Waals surface area contributed by atoms with E-state index in [-0.39, 0.29) is 12.0 Å². The second kappa shape index (κ2) is 3.40. The van der Waals surface area contributed by atoms with Gasteiger partial charge < -0.3 is 9.57 Å². The Kier molecular flexibility index (Phi) is 2.50. The Labute approximate surface area is 66.4 Å². The maximum atomic E-state index is 5.01. The van der Waals surface area contributed by atoms with Crippen molar-refractivity contribution in [1.29, 1.82) is 0 Å². The van der Waals surface area contributed by atoms with E-state index in [2.05, 4.69) is 18.0 Å². The van der Waals surface area contributed by atoms with Gasteiger partial charge in [-0.25, -0.2) is 0 Å². The summed E-state index contributed by atoms with van der Waals surface area (Å²) in [7, 11) is 0. The van der Waals surface area contributed by atoms with Crippen molar-refractivity contribution >= 4 is 6.21 Å². The van der Waals surface area contributed by atoms with Crippen LogP contribution in [0.3, 0.4) is 0 Å². The highest BCUT2D eigenvalue weighted by atomic mass is 16.6. The van der Waals surface area contributed by atoms with Gasteiger partial charge in [0.05, 0.1) is 24.8 Å². The molecule has 3 nitrogen and oxygen atoms in total. The number of terminal acetylenes is 1. The maximum Gasteiger partial charge on any atom is 0.177 e. The first-order chi connectivity index (χ1) is 5.27. The Bertz CT molecular complexity index is 189. The Morgan fingerprint density at radius 3 is 3.00 bits per heavy atom. The first kappa shape index (κ1) is 8.09. The number of hydrogen-bond acceptors (Lipinski definition) is 3. The van der Waals surface area contributed by atoms with Gasteiger partial charge in [0.15, 0.2) is 6.61 Å². The first-order valence-electron chi connectivity index (χ1n) is 3.44. The normalized spacial score (nSPS) is 20.7. The summed E-state index contributed by atoms with van der Waals surface area (Å²) >= 11 is 0. The van der Waals surface area contributed by atoms with Gasteiger partial charge in [-0.3, -0.25) is 0 Å². The van der Waals surface area contributed by atoms with Crippen LogP contribution in [0.2, 0.25) is 0 Å². The molecule has 1 fully saturated rings. The van der Waals surface area contributed by atoms with Gasteiger partial charge in [0.2, 0.25) is 0 Å². The van der Waals surface area contributed by atoms with Crippen molar-refractivity contribution in [2.24, 2.45) is 10.6 Å². The molecule has 1 aliphatic rings. The van der Waals surface area contributed by atoms with E-state index >= 15 is 0 Å². The summed E-state index contributed by atoms with van der Waals surface area (Å²) in [5, 5.41) is 3.71. The topological polar surface area (TPSA) is 30.8 Å². The van der Waals surface area contributed by atoms with Crippen LogP contribution in [-0.4, -0.2) is 26.0 Å². The molecule has 0 atom stereocenters. The molecule has 0 radical (unpaired) electrons. The molecule has 11 heavy (non-hydrogen) atoms. The predicted molar refractivity (Wildman–Crippen MR) is 42.2 cm³/mol. The Hall–Kier alpha value is -1.01. The molecule has 0 aromatic carbocycles. The highest BCUT2D eigenvalue weighted by Crippen LogP contribution is 2.23. The molecule has 0 unspecified atom stereocenters. The Morgan fingerprint density at radius 2 is 2.55 bits per heavy atom. The fraction of sp³-hybridized carbons (Fsp3) is 0.625. The summed E-state index contributed by atoms with van der Waals surface area (Å²) in [6.45, 7) is 3.72. The van der Waals surface area contributed by atoms with Crippen LogP contribution in [0.4, 0.5) is 0 Å². The van der Waals surface area contributed by atoms with Crippen molar-refractivity contribution in [3.8, 4) is 12.3 Å². The van der Waals surface area contributed by atoms with Gasteiger partial charge in [-0.05, 0) is 0 Å². The quantitative estimate of drug-likeness (QED) is 0.258. The van der Waals surface area contributed by atoms with E-state index in [1.54, 1.807) is 6.21 Å². The van der Waals surface area contributed by atoms with Gasteiger partial charge in [-0.2, -0.15) is 0 Å². The predicted octanol–water partition coefficient (Wildman–Crippen LogP) is 0.658. The van der Waals surface area contributed by atoms with Gasteiger partial charge in [0.25, 0.3) is 0 Å². The van der Waals surface area contributed by atoms with Crippen LogP contribution in [0, 0.1) is 17.8 Å². The van der Waals surface area contributed by atoms with Crippen LogP contribution in [0.15, 0.2) is 5.16 Å². The van der Waals surface area contributed by atoms with Crippen LogP contribution < -0.4 is 0 Å². The van der Waals surface area contributed by atoms with Gasteiger partial charge in [-0.1, -0.05) is 18.0 Å². The molecular weight excluding hydrogens is 142 g/mol. The minimum absolute atomic E-state index is 0.0641. The van der Waals surface area contributed by atoms with Crippen molar-refractivity contribution in [3.63, 3.8) is 0 Å². The number of rotatable bonds is 3. The van der Waals surface area contributed by atoms with E-state index in [4.69, 9.17) is 16.0 Å². The average molecular weight is 153 g/mol. The third-order valence-electron chi connectivity index (χ3n) is 1.45. The van der Waals surface area contributed by atoms with Crippen molar-refractivity contribution < 1.29 is 9.57 Å². The summed E-state index contributed by atoms with van der Waals surface area (Å²) < 4.78 is 5.01. The fourth-order valence-corrected chi connectivity index (χ4v) is 0.738. The summed E-state index contributed by atoms with van der Waals surface area (Å²) in [6, 6.07) is 0. The second-order valence-electron chi connectivity index (χ2n) is 2.86. The fourth-order valence-electron chi connectivity index (χ4n) is 0.738. The molecule has 0 aliphatic carbocycles. The van der Waals surface area contributed by atoms with Crippen molar-refractivity contribution in [1.82, 2.24) is 0 Å². The highest BCUT2D eigenvalue weighted by Gasteiger charge is 2.31. The van der Waals surface area contributed by atoms with Gasteiger partial charge in [0.1, 0.15) is 0 Å². The molecule has 1 heterocycles. The summed E-state index contributed by atoms with van der Waals surface area (Å²) in [5.41, 5.74) is 0.0641. The highest BCUT2D eigenvalue weighted by molar-refractivity contribution is 5.65. The number of nitrogens with zero attached hydrogens (tertiary/aromatic N) is 1. The van der Waals surface area contributed by atoms with Crippen molar-refractivity contribution in [3.05, 3.63) is 0 Å². The maximum absolute atomic E-state index is 5.01. The molecule has 0 aromatic rings. The lowest BCUT2D eigenvalue weighted by Crippen LogP contribution is -2.41. The molecule has 0 N–H and O–H groups in total. The molecule has 0 bridgehead atoms. The standard InChI is InChI=1S/C8H11NO2/c1-3-4-11-9-5-8(2)6-10-7-8/h1,5H,4,6-7H2,2H3/b9-5+. The van der Waals surface area contributed by atoms with Crippen LogP contribution in [-0.2, 0) is 9.57 Å². The van der Waals surface area contributed by atoms with E-state index in [0.717, 1.165) is 13.2 Å². The summed E-state index contributed by atoms with van der Waals surface area (Å²) in [6.07, 6.45) is 6.70. The van der Waals surface area contributed by atoms with Crippen LogP contribution in [0.5, 0.6) is 0 Å². The zero-order valence-electron chi connectivity index (χ0n) is 6.54. The zero-order valence-corrected chi connectivity index (χ0v) is 6.54.